The number of carbonyl (C=O) groups excluding carboxylic acids is 1. The predicted molar refractivity (Wildman–Crippen MR) is 137 cm³/mol. The molecule has 3 heterocycles. The van der Waals surface area contributed by atoms with E-state index >= 15 is 0 Å². The molecule has 0 aliphatic carbocycles. The van der Waals surface area contributed by atoms with Crippen molar-refractivity contribution in [2.75, 3.05) is 16.8 Å². The number of hydrogen-bond donors (Lipinski definition) is 1. The van der Waals surface area contributed by atoms with Gasteiger partial charge in [-0.1, -0.05) is 28.1 Å². The van der Waals surface area contributed by atoms with Crippen LogP contribution in [0.15, 0.2) is 46.4 Å². The van der Waals surface area contributed by atoms with Crippen LogP contribution in [0.2, 0.25) is 0 Å². The van der Waals surface area contributed by atoms with Gasteiger partial charge in [0.05, 0.1) is 23.4 Å². The van der Waals surface area contributed by atoms with Gasteiger partial charge in [-0.05, 0) is 52.8 Å². The van der Waals surface area contributed by atoms with E-state index in [1.54, 1.807) is 28.5 Å². The quantitative estimate of drug-likeness (QED) is 0.385. The van der Waals surface area contributed by atoms with Gasteiger partial charge in [-0.15, -0.1) is 11.3 Å². The highest BCUT2D eigenvalue weighted by molar-refractivity contribution is 9.10. The lowest BCUT2D eigenvalue weighted by Gasteiger charge is -2.31. The van der Waals surface area contributed by atoms with Crippen LogP contribution in [-0.2, 0) is 9.47 Å². The van der Waals surface area contributed by atoms with Gasteiger partial charge in [0.2, 0.25) is 5.95 Å². The highest BCUT2D eigenvalue weighted by atomic mass is 79.9. The Labute approximate surface area is 211 Å². The summed E-state index contributed by atoms with van der Waals surface area (Å²) >= 11 is 5.03. The summed E-state index contributed by atoms with van der Waals surface area (Å²) in [5.74, 6) is 0.879. The molecule has 8 nitrogen and oxygen atoms in total. The second-order valence-electron chi connectivity index (χ2n) is 9.13. The smallest absolute Gasteiger partial charge is 0.416 e. The maximum atomic E-state index is 12.5. The fourth-order valence-electron chi connectivity index (χ4n) is 3.73. The summed E-state index contributed by atoms with van der Waals surface area (Å²) < 4.78 is 12.4. The first-order valence-electron chi connectivity index (χ1n) is 11.1. The van der Waals surface area contributed by atoms with Gasteiger partial charge in [0.1, 0.15) is 23.5 Å². The Bertz CT molecular complexity index is 1150. The summed E-state index contributed by atoms with van der Waals surface area (Å²) in [4.78, 5) is 27.8. The molecule has 1 aliphatic rings. The van der Waals surface area contributed by atoms with Gasteiger partial charge in [0.15, 0.2) is 0 Å². The minimum Gasteiger partial charge on any atom is -0.447 e. The van der Waals surface area contributed by atoms with E-state index < -0.39 is 6.09 Å². The highest BCUT2D eigenvalue weighted by Crippen LogP contribution is 2.29. The molecule has 0 spiro atoms. The highest BCUT2D eigenvalue weighted by Gasteiger charge is 2.40. The molecule has 0 bridgehead atoms. The van der Waals surface area contributed by atoms with Crippen LogP contribution in [0.3, 0.4) is 0 Å². The fourth-order valence-corrected chi connectivity index (χ4v) is 4.83. The zero-order chi connectivity index (χ0) is 24.5. The maximum absolute atomic E-state index is 12.5. The number of anilines is 2. The minimum atomic E-state index is -0.439. The van der Waals surface area contributed by atoms with E-state index in [0.717, 1.165) is 20.7 Å². The standard InChI is InChI=1S/C24H28BrN5O3S/c1-14(21-28-18(13-34-21)16-6-8-17(25)9-7-16)27-22-26-11-10-20(29-22)30-19(12-32-23(30)31)15(2)33-24(3,4)5/h6-11,13-15,19H,12H2,1-5H3,(H,26,27,29)/t14-,15+,19?/m0/s1. The van der Waals surface area contributed by atoms with Crippen molar-refractivity contribution in [3.05, 3.63) is 51.4 Å². The third-order valence-electron chi connectivity index (χ3n) is 5.25. The largest absolute Gasteiger partial charge is 0.447 e. The number of nitrogens with one attached hydrogen (secondary N) is 1. The van der Waals surface area contributed by atoms with Gasteiger partial charge in [0, 0.05) is 21.6 Å². The molecule has 0 saturated carbocycles. The van der Waals surface area contributed by atoms with E-state index in [1.807, 2.05) is 64.3 Å². The number of ether oxygens (including phenoxy) is 2. The normalized spacial score (nSPS) is 18.0. The van der Waals surface area contributed by atoms with Gasteiger partial charge in [-0.2, -0.15) is 4.98 Å². The number of cyclic esters (lactones) is 1. The van der Waals surface area contributed by atoms with Gasteiger partial charge >= 0.3 is 6.09 Å². The molecule has 1 unspecified atom stereocenters. The van der Waals surface area contributed by atoms with E-state index in [9.17, 15) is 4.79 Å². The summed E-state index contributed by atoms with van der Waals surface area (Å²) in [6.07, 6.45) is 0.958. The fraction of sp³-hybridized carbons (Fsp3) is 0.417. The van der Waals surface area contributed by atoms with Crippen LogP contribution in [0.5, 0.6) is 0 Å². The van der Waals surface area contributed by atoms with Gasteiger partial charge in [-0.3, -0.25) is 4.90 Å². The molecule has 180 valence electrons. The van der Waals surface area contributed by atoms with E-state index in [1.165, 1.54) is 0 Å². The van der Waals surface area contributed by atoms with Crippen molar-refractivity contribution in [2.24, 2.45) is 0 Å². The Morgan fingerprint density at radius 3 is 2.65 bits per heavy atom. The molecule has 1 aromatic carbocycles. The Balaban J connectivity index is 1.49. The Kier molecular flexibility index (Phi) is 7.20. The number of hydrogen-bond acceptors (Lipinski definition) is 8. The van der Waals surface area contributed by atoms with Crippen molar-refractivity contribution < 1.29 is 14.3 Å². The van der Waals surface area contributed by atoms with Crippen LogP contribution in [0.4, 0.5) is 16.6 Å². The summed E-state index contributed by atoms with van der Waals surface area (Å²) in [6.45, 7) is 10.2. The number of halogens is 1. The molecule has 3 atom stereocenters. The average Bonchev–Trinajstić information content (AvgIpc) is 3.40. The van der Waals surface area contributed by atoms with E-state index in [-0.39, 0.29) is 30.4 Å². The molecule has 3 aromatic rings. The summed E-state index contributed by atoms with van der Waals surface area (Å²) in [5, 5.41) is 6.25. The topological polar surface area (TPSA) is 89.5 Å². The van der Waals surface area contributed by atoms with Crippen LogP contribution in [0, 0.1) is 0 Å². The number of amides is 1. The Morgan fingerprint density at radius 1 is 1.21 bits per heavy atom. The Hall–Kier alpha value is -2.56. The minimum absolute atomic E-state index is 0.117. The van der Waals surface area contributed by atoms with Gasteiger partial charge < -0.3 is 14.8 Å². The van der Waals surface area contributed by atoms with Crippen molar-refractivity contribution in [2.45, 2.75) is 58.4 Å². The summed E-state index contributed by atoms with van der Waals surface area (Å²) in [5.41, 5.74) is 1.64. The second kappa shape index (κ2) is 9.97. The Morgan fingerprint density at radius 2 is 1.94 bits per heavy atom. The zero-order valence-electron chi connectivity index (χ0n) is 19.8. The maximum Gasteiger partial charge on any atom is 0.416 e. The number of benzene rings is 1. The molecule has 1 saturated heterocycles. The molecule has 2 aromatic heterocycles. The molecular formula is C24H28BrN5O3S. The number of nitrogens with zero attached hydrogens (tertiary/aromatic N) is 4. The molecular weight excluding hydrogens is 518 g/mol. The summed E-state index contributed by atoms with van der Waals surface area (Å²) in [6, 6.07) is 9.37. The summed E-state index contributed by atoms with van der Waals surface area (Å²) in [7, 11) is 0. The lowest BCUT2D eigenvalue weighted by Crippen LogP contribution is -2.45. The number of carbonyl (C=O) groups is 1. The first-order valence-corrected chi connectivity index (χ1v) is 12.7. The number of rotatable bonds is 7. The SMILES string of the molecule is C[C@H](Nc1nccc(N2C(=O)OCC2[C@@H](C)OC(C)(C)C)n1)c1nc(-c2ccc(Br)cc2)cs1. The lowest BCUT2D eigenvalue weighted by molar-refractivity contribution is -0.0618. The first kappa shape index (κ1) is 24.6. The third-order valence-corrected chi connectivity index (χ3v) is 6.81. The lowest BCUT2D eigenvalue weighted by atomic mass is 10.1. The molecule has 1 fully saturated rings. The van der Waals surface area contributed by atoms with Crippen molar-refractivity contribution in [1.29, 1.82) is 0 Å². The van der Waals surface area contributed by atoms with Crippen LogP contribution in [0.1, 0.15) is 45.7 Å². The molecule has 0 radical (unpaired) electrons. The zero-order valence-corrected chi connectivity index (χ0v) is 22.2. The van der Waals surface area contributed by atoms with Crippen LogP contribution >= 0.6 is 27.3 Å². The van der Waals surface area contributed by atoms with Crippen molar-refractivity contribution in [3.63, 3.8) is 0 Å². The van der Waals surface area contributed by atoms with Crippen LogP contribution < -0.4 is 10.2 Å². The molecule has 1 amide bonds. The predicted octanol–water partition coefficient (Wildman–Crippen LogP) is 6.06. The van der Waals surface area contributed by atoms with Crippen molar-refractivity contribution >= 4 is 45.1 Å². The van der Waals surface area contributed by atoms with E-state index in [2.05, 4.69) is 31.2 Å². The number of thiazole rings is 1. The molecule has 1 N–H and O–H groups in total. The molecule has 10 heteroatoms. The molecule has 34 heavy (non-hydrogen) atoms. The second-order valence-corrected chi connectivity index (χ2v) is 10.9. The van der Waals surface area contributed by atoms with Crippen molar-refractivity contribution in [3.8, 4) is 11.3 Å². The third kappa shape index (κ3) is 5.73. The van der Waals surface area contributed by atoms with Gasteiger partial charge in [0.25, 0.3) is 0 Å². The molecule has 4 rings (SSSR count). The van der Waals surface area contributed by atoms with Gasteiger partial charge in [-0.25, -0.2) is 14.8 Å². The number of aromatic nitrogens is 3. The van der Waals surface area contributed by atoms with E-state index in [4.69, 9.17) is 14.5 Å². The molecule has 1 aliphatic heterocycles. The van der Waals surface area contributed by atoms with Crippen LogP contribution in [0.25, 0.3) is 11.3 Å². The monoisotopic (exact) mass is 545 g/mol. The van der Waals surface area contributed by atoms with E-state index in [0.29, 0.717) is 11.8 Å². The average molecular weight is 546 g/mol. The van der Waals surface area contributed by atoms with Crippen molar-refractivity contribution in [1.82, 2.24) is 15.0 Å². The van der Waals surface area contributed by atoms with Crippen LogP contribution in [-0.4, -0.2) is 45.4 Å². The first-order chi connectivity index (χ1) is 16.1.